The summed E-state index contributed by atoms with van der Waals surface area (Å²) in [6.45, 7) is 3.99. The average molecular weight is 612 g/mol. The quantitative estimate of drug-likeness (QED) is 0.328. The molecule has 2 aromatic carbocycles. The van der Waals surface area contributed by atoms with Gasteiger partial charge in [0, 0.05) is 25.3 Å². The van der Waals surface area contributed by atoms with Gasteiger partial charge in [-0.3, -0.25) is 4.79 Å². The molecule has 1 N–H and O–H groups in total. The van der Waals surface area contributed by atoms with E-state index in [-0.39, 0.29) is 24.9 Å². The molecule has 1 aliphatic carbocycles. The smallest absolute Gasteiger partial charge is 0.250 e. The lowest BCUT2D eigenvalue weighted by molar-refractivity contribution is -0.135. The maximum absolute atomic E-state index is 14.1. The highest BCUT2D eigenvalue weighted by molar-refractivity contribution is 5.93. The monoisotopic (exact) mass is 611 g/mol. The Kier molecular flexibility index (Phi) is 11.4. The van der Waals surface area contributed by atoms with Gasteiger partial charge in [0.15, 0.2) is 11.5 Å². The number of amides is 1. The lowest BCUT2D eigenvalue weighted by Crippen LogP contribution is -2.57. The Bertz CT molecular complexity index is 1200. The first kappa shape index (κ1) is 32.5. The predicted molar refractivity (Wildman–Crippen MR) is 170 cm³/mol. The molecule has 0 radical (unpaired) electrons. The van der Waals surface area contributed by atoms with Crippen molar-refractivity contribution in [2.75, 3.05) is 65.2 Å². The van der Waals surface area contributed by atoms with Crippen LogP contribution in [0.3, 0.4) is 0 Å². The van der Waals surface area contributed by atoms with Gasteiger partial charge in [0.1, 0.15) is 11.4 Å². The number of hydrogen-bond acceptors (Lipinski definition) is 7. The van der Waals surface area contributed by atoms with E-state index >= 15 is 0 Å². The Labute approximate surface area is 262 Å². The molecule has 9 heteroatoms. The van der Waals surface area contributed by atoms with Crippen LogP contribution in [0.5, 0.6) is 11.5 Å². The molecule has 1 saturated carbocycles. The Hall–Kier alpha value is -2.88. The van der Waals surface area contributed by atoms with E-state index in [1.807, 2.05) is 18.2 Å². The number of piperidine rings is 1. The molecular formula is C35H50FN3O5. The summed E-state index contributed by atoms with van der Waals surface area (Å²) < 4.78 is 30.3. The molecule has 2 heterocycles. The van der Waals surface area contributed by atoms with E-state index in [1.54, 1.807) is 31.3 Å². The summed E-state index contributed by atoms with van der Waals surface area (Å²) in [5, 5.41) is 10.9. The summed E-state index contributed by atoms with van der Waals surface area (Å²) in [6.07, 6.45) is 10.7. The topological polar surface area (TPSA) is 74.7 Å². The lowest BCUT2D eigenvalue weighted by Gasteiger charge is -2.44. The molecule has 1 atom stereocenters. The van der Waals surface area contributed by atoms with Gasteiger partial charge in [-0.2, -0.15) is 0 Å². The van der Waals surface area contributed by atoms with E-state index in [2.05, 4.69) is 9.80 Å². The van der Waals surface area contributed by atoms with E-state index in [4.69, 9.17) is 14.2 Å². The number of aliphatic hydroxyl groups is 1. The number of ether oxygens (including phenoxy) is 3. The van der Waals surface area contributed by atoms with Crippen LogP contribution in [0.2, 0.25) is 0 Å². The molecule has 1 spiro atoms. The summed E-state index contributed by atoms with van der Waals surface area (Å²) in [5.41, 5.74) is 1.21. The van der Waals surface area contributed by atoms with Gasteiger partial charge < -0.3 is 34.0 Å². The molecule has 242 valence electrons. The zero-order valence-electron chi connectivity index (χ0n) is 26.5. The number of rotatable bonds is 12. The van der Waals surface area contributed by atoms with Crippen LogP contribution in [0, 0.1) is 11.7 Å². The molecule has 0 aromatic heterocycles. The van der Waals surface area contributed by atoms with Gasteiger partial charge in [-0.1, -0.05) is 38.2 Å². The number of methoxy groups -OCH3 is 2. The predicted octanol–water partition coefficient (Wildman–Crippen LogP) is 5.26. The van der Waals surface area contributed by atoms with E-state index in [9.17, 15) is 14.3 Å². The highest BCUT2D eigenvalue weighted by Crippen LogP contribution is 2.40. The zero-order valence-corrected chi connectivity index (χ0v) is 26.5. The van der Waals surface area contributed by atoms with Gasteiger partial charge in [-0.15, -0.1) is 0 Å². The second-order valence-electron chi connectivity index (χ2n) is 12.8. The highest BCUT2D eigenvalue weighted by atomic mass is 19.1. The maximum atomic E-state index is 14.1. The second-order valence-corrected chi connectivity index (χ2v) is 12.8. The van der Waals surface area contributed by atoms with Gasteiger partial charge >= 0.3 is 0 Å². The van der Waals surface area contributed by atoms with E-state index < -0.39 is 11.6 Å². The zero-order chi connectivity index (χ0) is 30.9. The van der Waals surface area contributed by atoms with Crippen LogP contribution >= 0.6 is 0 Å². The minimum atomic E-state index is -0.811. The summed E-state index contributed by atoms with van der Waals surface area (Å²) in [4.78, 5) is 20.6. The van der Waals surface area contributed by atoms with Gasteiger partial charge in [0.25, 0.3) is 0 Å². The number of likely N-dealkylation sites (tertiary alicyclic amines) is 1. The third-order valence-electron chi connectivity index (χ3n) is 9.80. The molecule has 2 saturated heterocycles. The number of carbonyl (C=O) groups is 1. The molecule has 0 unspecified atom stereocenters. The highest BCUT2D eigenvalue weighted by Gasteiger charge is 2.54. The maximum Gasteiger partial charge on any atom is 0.250 e. The van der Waals surface area contributed by atoms with Crippen molar-refractivity contribution in [2.24, 2.45) is 5.92 Å². The molecule has 44 heavy (non-hydrogen) atoms. The molecule has 0 bridgehead atoms. The first-order valence-electron chi connectivity index (χ1n) is 16.4. The average Bonchev–Trinajstić information content (AvgIpc) is 3.28. The summed E-state index contributed by atoms with van der Waals surface area (Å²) in [5.74, 6) is 1.85. The lowest BCUT2D eigenvalue weighted by atomic mass is 9.84. The summed E-state index contributed by atoms with van der Waals surface area (Å²) >= 11 is 0. The molecule has 8 nitrogen and oxygen atoms in total. The van der Waals surface area contributed by atoms with Crippen molar-refractivity contribution in [3.63, 3.8) is 0 Å². The minimum absolute atomic E-state index is 0.0526. The van der Waals surface area contributed by atoms with Gasteiger partial charge in [0.2, 0.25) is 5.91 Å². The number of hydrogen-bond donors (Lipinski definition) is 1. The fraction of sp³-hybridized carbons (Fsp3) is 0.629. The molecule has 1 amide bonds. The fourth-order valence-corrected chi connectivity index (χ4v) is 7.30. The molecule has 3 fully saturated rings. The van der Waals surface area contributed by atoms with Crippen molar-refractivity contribution in [1.29, 1.82) is 0 Å². The molecular weight excluding hydrogens is 561 g/mol. The van der Waals surface area contributed by atoms with Gasteiger partial charge in [0.05, 0.1) is 46.8 Å². The van der Waals surface area contributed by atoms with E-state index in [0.29, 0.717) is 31.2 Å². The first-order chi connectivity index (χ1) is 21.4. The Morgan fingerprint density at radius 2 is 1.64 bits per heavy atom. The van der Waals surface area contributed by atoms with Crippen LogP contribution < -0.4 is 14.4 Å². The van der Waals surface area contributed by atoms with E-state index in [1.165, 1.54) is 57.1 Å². The van der Waals surface area contributed by atoms with Crippen molar-refractivity contribution in [3.8, 4) is 11.5 Å². The van der Waals surface area contributed by atoms with Crippen LogP contribution in [0.15, 0.2) is 42.5 Å². The van der Waals surface area contributed by atoms with Crippen LogP contribution in [-0.2, 0) is 16.0 Å². The van der Waals surface area contributed by atoms with E-state index in [0.717, 1.165) is 49.6 Å². The van der Waals surface area contributed by atoms with Crippen LogP contribution in [0.1, 0.15) is 63.4 Å². The Balaban J connectivity index is 1.17. The molecule has 2 aromatic rings. The van der Waals surface area contributed by atoms with Crippen LogP contribution in [0.4, 0.5) is 10.1 Å². The van der Waals surface area contributed by atoms with Crippen molar-refractivity contribution >= 4 is 11.6 Å². The number of halogens is 1. The molecule has 3 aliphatic rings. The van der Waals surface area contributed by atoms with Crippen molar-refractivity contribution in [1.82, 2.24) is 9.80 Å². The SMILES string of the molecule is COc1ccc(CCOC[C@H](O)CN2CN(c3ccc(F)cc3)C3(CCN(CC4CCCCCCC4)CC3)C2=O)cc1OC. The van der Waals surface area contributed by atoms with Crippen LogP contribution in [-0.4, -0.2) is 92.7 Å². The largest absolute Gasteiger partial charge is 0.493 e. The fourth-order valence-electron chi connectivity index (χ4n) is 7.30. The second kappa shape index (κ2) is 15.4. The minimum Gasteiger partial charge on any atom is -0.493 e. The number of β-amino-alcohol motifs (C(OH)–C–C–N with tert-alkyl or cyclic N) is 1. The van der Waals surface area contributed by atoms with Gasteiger partial charge in [-0.05, 0) is 80.0 Å². The number of aliphatic hydroxyl groups excluding tert-OH is 1. The molecule has 2 aliphatic heterocycles. The number of benzene rings is 2. The van der Waals surface area contributed by atoms with Crippen molar-refractivity contribution < 1.29 is 28.5 Å². The van der Waals surface area contributed by atoms with Crippen LogP contribution in [0.25, 0.3) is 0 Å². The van der Waals surface area contributed by atoms with Crippen molar-refractivity contribution in [3.05, 3.63) is 53.8 Å². The number of anilines is 1. The summed E-state index contributed by atoms with van der Waals surface area (Å²) in [7, 11) is 3.22. The third-order valence-corrected chi connectivity index (χ3v) is 9.80. The standard InChI is InChI=1S/C35H50FN3O5/c1-42-32-15-10-27(22-33(32)43-2)16-21-44-25-31(40)24-38-26-39(30-13-11-29(36)12-14-30)35(34(38)41)17-19-37(20-18-35)23-28-8-6-4-3-5-7-9-28/h10-15,22,28,31,40H,3-9,16-21,23-26H2,1-2H3/t31-/m1/s1. The Morgan fingerprint density at radius 1 is 0.955 bits per heavy atom. The first-order valence-corrected chi connectivity index (χ1v) is 16.4. The molecule has 5 rings (SSSR count). The van der Waals surface area contributed by atoms with Crippen molar-refractivity contribution in [2.45, 2.75) is 75.9 Å². The summed E-state index contributed by atoms with van der Waals surface area (Å²) in [6, 6.07) is 12.2. The number of nitrogens with zero attached hydrogens (tertiary/aromatic N) is 3. The normalized spacial score (nSPS) is 20.5. The number of carbonyl (C=O) groups excluding carboxylic acids is 1. The third kappa shape index (κ3) is 7.85. The Morgan fingerprint density at radius 3 is 2.32 bits per heavy atom. The van der Waals surface area contributed by atoms with Gasteiger partial charge in [-0.25, -0.2) is 4.39 Å².